The summed E-state index contributed by atoms with van der Waals surface area (Å²) < 4.78 is 2.78. The quantitative estimate of drug-likeness (QED) is 0.633. The Balaban J connectivity index is 0.000000581. The maximum absolute atomic E-state index is 5.31. The van der Waals surface area contributed by atoms with Crippen molar-refractivity contribution in [1.82, 2.24) is 9.55 Å². The maximum atomic E-state index is 5.31. The molecule has 0 saturated carbocycles. The lowest BCUT2D eigenvalue weighted by molar-refractivity contribution is 0.812. The van der Waals surface area contributed by atoms with Crippen LogP contribution < -0.4 is 0 Å². The van der Waals surface area contributed by atoms with E-state index >= 15 is 0 Å². The predicted octanol–water partition coefficient (Wildman–Crippen LogP) is 4.66. The molecule has 0 aliphatic heterocycles. The van der Waals surface area contributed by atoms with Gasteiger partial charge in [0.15, 0.2) is 0 Å². The highest BCUT2D eigenvalue weighted by Gasteiger charge is 1.99. The van der Waals surface area contributed by atoms with Crippen molar-refractivity contribution >= 4 is 23.1 Å². The zero-order chi connectivity index (χ0) is 13.4. The van der Waals surface area contributed by atoms with Crippen molar-refractivity contribution in [2.75, 3.05) is 0 Å². The molecule has 1 heterocycles. The van der Waals surface area contributed by atoms with Gasteiger partial charge < -0.3 is 4.57 Å². The van der Waals surface area contributed by atoms with Crippen molar-refractivity contribution in [3.63, 3.8) is 0 Å². The van der Waals surface area contributed by atoms with Crippen molar-refractivity contribution in [3.8, 4) is 0 Å². The molecule has 0 fully saturated rings. The number of hydrogen-bond acceptors (Lipinski definition) is 2. The smallest absolute Gasteiger partial charge is 0.116 e. The van der Waals surface area contributed by atoms with Gasteiger partial charge in [0.1, 0.15) is 10.5 Å². The van der Waals surface area contributed by atoms with Crippen LogP contribution in [0.25, 0.3) is 10.9 Å². The molecule has 0 saturated heterocycles. The van der Waals surface area contributed by atoms with E-state index < -0.39 is 0 Å². The summed E-state index contributed by atoms with van der Waals surface area (Å²) in [6, 6.07) is 7.95. The lowest BCUT2D eigenvalue weighted by Gasteiger charge is -2.05. The zero-order valence-corrected chi connectivity index (χ0v) is 12.4. The van der Waals surface area contributed by atoms with Crippen molar-refractivity contribution in [1.29, 1.82) is 0 Å². The molecule has 0 radical (unpaired) electrons. The first-order valence-electron chi connectivity index (χ1n) is 6.12. The largest absolute Gasteiger partial charge is 0.324 e. The minimum Gasteiger partial charge on any atom is -0.324 e. The Kier molecular flexibility index (Phi) is 7.39. The number of aromatic nitrogens is 2. The molecule has 0 aliphatic carbocycles. The van der Waals surface area contributed by atoms with Crippen molar-refractivity contribution in [3.05, 3.63) is 34.7 Å². The normalized spacial score (nSPS) is 8.82. The molecule has 0 aliphatic rings. The number of benzene rings is 1. The molecule has 1 aromatic carbocycles. The molecule has 2 nitrogen and oxygen atoms in total. The van der Waals surface area contributed by atoms with E-state index in [1.165, 1.54) is 0 Å². The first-order valence-corrected chi connectivity index (χ1v) is 6.53. The Morgan fingerprint density at radius 1 is 1.06 bits per heavy atom. The predicted molar refractivity (Wildman–Crippen MR) is 79.0 cm³/mol. The van der Waals surface area contributed by atoms with Crippen LogP contribution in [0, 0.1) is 11.6 Å². The van der Waals surface area contributed by atoms with Crippen molar-refractivity contribution in [2.24, 2.45) is 7.05 Å². The van der Waals surface area contributed by atoms with Gasteiger partial charge in [0.25, 0.3) is 0 Å². The van der Waals surface area contributed by atoms with Crippen LogP contribution in [0.4, 0.5) is 0 Å². The first kappa shape index (κ1) is 15.8. The topological polar surface area (TPSA) is 17.8 Å². The van der Waals surface area contributed by atoms with Gasteiger partial charge in [0.2, 0.25) is 0 Å². The van der Waals surface area contributed by atoms with Gasteiger partial charge in [-0.05, 0) is 19.1 Å². The Bertz CT molecular complexity index is 515. The van der Waals surface area contributed by atoms with E-state index in [-0.39, 0.29) is 0 Å². The summed E-state index contributed by atoms with van der Waals surface area (Å²) in [4.78, 5) is 4.43. The number of aryl methyl sites for hydroxylation is 1. The van der Waals surface area contributed by atoms with E-state index in [0.29, 0.717) is 0 Å². The summed E-state index contributed by atoms with van der Waals surface area (Å²) in [5.74, 6) is 0.948. The van der Waals surface area contributed by atoms with Crippen LogP contribution in [0.3, 0.4) is 0 Å². The standard InChI is InChI=1S/C10H10N2S.2C2H6/c1-7-11-9-6-4-3-5-8(9)10(13)12(7)2;2*1-2/h3-6H,1-2H3;2*1-2H3. The lowest BCUT2D eigenvalue weighted by atomic mass is 10.2. The highest BCUT2D eigenvalue weighted by molar-refractivity contribution is 7.71. The van der Waals surface area contributed by atoms with E-state index in [1.807, 2.05) is 70.5 Å². The molecule has 2 aromatic rings. The lowest BCUT2D eigenvalue weighted by Crippen LogP contribution is -2.01. The number of hydrogen-bond donors (Lipinski definition) is 0. The summed E-state index contributed by atoms with van der Waals surface area (Å²) >= 11 is 5.31. The molecule has 17 heavy (non-hydrogen) atoms. The summed E-state index contributed by atoms with van der Waals surface area (Å²) in [5.41, 5.74) is 0.975. The highest BCUT2D eigenvalue weighted by Crippen LogP contribution is 2.13. The highest BCUT2D eigenvalue weighted by atomic mass is 32.1. The van der Waals surface area contributed by atoms with E-state index in [0.717, 1.165) is 21.4 Å². The van der Waals surface area contributed by atoms with Crippen LogP contribution in [0.5, 0.6) is 0 Å². The third kappa shape index (κ3) is 3.63. The minimum atomic E-state index is 0.850. The molecule has 0 amide bonds. The molecule has 0 unspecified atom stereocenters. The Morgan fingerprint density at radius 3 is 2.18 bits per heavy atom. The second kappa shape index (κ2) is 7.96. The van der Waals surface area contributed by atoms with Gasteiger partial charge in [-0.1, -0.05) is 52.0 Å². The minimum absolute atomic E-state index is 0.850. The van der Waals surface area contributed by atoms with Gasteiger partial charge in [-0.15, -0.1) is 0 Å². The molecule has 0 bridgehead atoms. The van der Waals surface area contributed by atoms with Crippen LogP contribution in [0.2, 0.25) is 0 Å². The number of rotatable bonds is 0. The molecule has 3 heteroatoms. The molecule has 2 rings (SSSR count). The van der Waals surface area contributed by atoms with Crippen LogP contribution in [0.1, 0.15) is 33.5 Å². The summed E-state index contributed by atoms with van der Waals surface area (Å²) in [7, 11) is 1.94. The van der Waals surface area contributed by atoms with Gasteiger partial charge >= 0.3 is 0 Å². The van der Waals surface area contributed by atoms with Crippen LogP contribution in [-0.4, -0.2) is 9.55 Å². The monoisotopic (exact) mass is 250 g/mol. The molecule has 0 spiro atoms. The third-order valence-electron chi connectivity index (χ3n) is 2.21. The summed E-state index contributed by atoms with van der Waals surface area (Å²) in [6.07, 6.45) is 0. The van der Waals surface area contributed by atoms with Crippen molar-refractivity contribution in [2.45, 2.75) is 34.6 Å². The maximum Gasteiger partial charge on any atom is 0.116 e. The second-order valence-corrected chi connectivity index (χ2v) is 3.43. The van der Waals surface area contributed by atoms with Gasteiger partial charge in [-0.2, -0.15) is 0 Å². The van der Waals surface area contributed by atoms with E-state index in [2.05, 4.69) is 4.98 Å². The summed E-state index contributed by atoms with van der Waals surface area (Å²) in [6.45, 7) is 9.96. The first-order chi connectivity index (χ1) is 8.20. The molecule has 0 atom stereocenters. The van der Waals surface area contributed by atoms with E-state index in [9.17, 15) is 0 Å². The van der Waals surface area contributed by atoms with Gasteiger partial charge in [-0.3, -0.25) is 0 Å². The van der Waals surface area contributed by atoms with Crippen molar-refractivity contribution < 1.29 is 0 Å². The Hall–Kier alpha value is -1.22. The zero-order valence-electron chi connectivity index (χ0n) is 11.6. The van der Waals surface area contributed by atoms with Crippen LogP contribution in [0.15, 0.2) is 24.3 Å². The van der Waals surface area contributed by atoms with E-state index in [1.54, 1.807) is 0 Å². The number of fused-ring (bicyclic) bond motifs is 1. The average molecular weight is 250 g/mol. The molecular formula is C14H22N2S. The second-order valence-electron chi connectivity index (χ2n) is 3.04. The average Bonchev–Trinajstić information content (AvgIpc) is 2.41. The third-order valence-corrected chi connectivity index (χ3v) is 2.70. The SMILES string of the molecule is CC.CC.Cc1nc2ccccc2c(=S)n1C. The van der Waals surface area contributed by atoms with E-state index in [4.69, 9.17) is 12.2 Å². The fourth-order valence-corrected chi connectivity index (χ4v) is 1.63. The van der Waals surface area contributed by atoms with Gasteiger partial charge in [-0.25, -0.2) is 4.98 Å². The number of nitrogens with zero attached hydrogens (tertiary/aromatic N) is 2. The van der Waals surface area contributed by atoms with Crippen LogP contribution in [-0.2, 0) is 7.05 Å². The molecule has 1 aromatic heterocycles. The van der Waals surface area contributed by atoms with Gasteiger partial charge in [0, 0.05) is 12.4 Å². The van der Waals surface area contributed by atoms with Crippen LogP contribution >= 0.6 is 12.2 Å². The fraction of sp³-hybridized carbons (Fsp3) is 0.429. The fourth-order valence-electron chi connectivity index (χ4n) is 1.33. The Morgan fingerprint density at radius 2 is 1.59 bits per heavy atom. The molecule has 94 valence electrons. The summed E-state index contributed by atoms with van der Waals surface area (Å²) in [5, 5.41) is 1.05. The Labute approximate surface area is 109 Å². The molecule has 0 N–H and O–H groups in total. The molecular weight excluding hydrogens is 228 g/mol. The van der Waals surface area contributed by atoms with Gasteiger partial charge in [0.05, 0.1) is 5.52 Å². The number of para-hydroxylation sites is 1.